The zero-order chi connectivity index (χ0) is 16.3. The van der Waals surface area contributed by atoms with Crippen LogP contribution in [0.1, 0.15) is 6.92 Å². The Labute approximate surface area is 136 Å². The highest BCUT2D eigenvalue weighted by Crippen LogP contribution is 2.54. The molecule has 0 aliphatic heterocycles. The smallest absolute Gasteiger partial charge is 0.159 e. The minimum Gasteiger partial charge on any atom is -0.204 e. The highest BCUT2D eigenvalue weighted by atomic mass is 31.2. The van der Waals surface area contributed by atoms with Crippen molar-refractivity contribution in [3.63, 3.8) is 0 Å². The molecular formula is C20H18F2P. The monoisotopic (exact) mass is 327 g/mol. The third-order valence-corrected chi connectivity index (χ3v) is 8.68. The summed E-state index contributed by atoms with van der Waals surface area (Å²) in [6, 6.07) is 24.7. The molecule has 3 aromatic carbocycles. The summed E-state index contributed by atoms with van der Waals surface area (Å²) in [4.78, 5) is 0. The van der Waals surface area contributed by atoms with Crippen LogP contribution in [0, 0.1) is 11.6 Å². The lowest BCUT2D eigenvalue weighted by Crippen LogP contribution is -2.33. The van der Waals surface area contributed by atoms with Gasteiger partial charge in [-0.3, -0.25) is 0 Å². The van der Waals surface area contributed by atoms with Crippen LogP contribution in [0.15, 0.2) is 78.9 Å². The Balaban J connectivity index is 2.31. The van der Waals surface area contributed by atoms with Gasteiger partial charge in [-0.15, -0.1) is 0 Å². The molecule has 117 valence electrons. The molecule has 0 atom stereocenters. The molecule has 0 aliphatic carbocycles. The molecule has 1 radical (unpaired) electrons. The molecule has 3 heteroatoms. The van der Waals surface area contributed by atoms with Gasteiger partial charge < -0.3 is 0 Å². The van der Waals surface area contributed by atoms with E-state index in [9.17, 15) is 8.78 Å². The van der Waals surface area contributed by atoms with Gasteiger partial charge in [-0.25, -0.2) is 8.78 Å². The van der Waals surface area contributed by atoms with E-state index in [1.807, 2.05) is 36.4 Å². The van der Waals surface area contributed by atoms with Crippen molar-refractivity contribution >= 4 is 23.2 Å². The topological polar surface area (TPSA) is 0 Å². The van der Waals surface area contributed by atoms with Gasteiger partial charge in [0.2, 0.25) is 0 Å². The summed E-state index contributed by atoms with van der Waals surface area (Å²) in [6.07, 6.45) is 0.853. The van der Waals surface area contributed by atoms with Gasteiger partial charge >= 0.3 is 0 Å². The average Bonchev–Trinajstić information content (AvgIpc) is 2.61. The van der Waals surface area contributed by atoms with E-state index >= 15 is 0 Å². The van der Waals surface area contributed by atoms with Gasteiger partial charge in [-0.05, 0) is 41.5 Å². The third-order valence-electron chi connectivity index (χ3n) is 4.21. The predicted molar refractivity (Wildman–Crippen MR) is 95.6 cm³/mol. The minimum atomic E-state index is -1.99. The van der Waals surface area contributed by atoms with Crippen LogP contribution in [0.5, 0.6) is 0 Å². The standard InChI is InChI=1S/C20H18F2P/c1-2-23(16-9-5-3-6-10-16,17-11-7-4-8-12-17)18-13-14-19(21)20(22)15-18/h3-15H,2H2,1H3. The first-order valence-electron chi connectivity index (χ1n) is 7.63. The molecule has 0 amide bonds. The highest BCUT2D eigenvalue weighted by Gasteiger charge is 2.32. The maximum atomic E-state index is 13.9. The van der Waals surface area contributed by atoms with Crippen molar-refractivity contribution in [3.05, 3.63) is 90.5 Å². The van der Waals surface area contributed by atoms with Gasteiger partial charge in [0.15, 0.2) is 11.6 Å². The van der Waals surface area contributed by atoms with Gasteiger partial charge in [0.1, 0.15) is 0 Å². The first kappa shape index (κ1) is 15.8. The fourth-order valence-corrected chi connectivity index (χ4v) is 7.10. The van der Waals surface area contributed by atoms with E-state index in [0.29, 0.717) is 0 Å². The largest absolute Gasteiger partial charge is 0.204 e. The first-order valence-corrected chi connectivity index (χ1v) is 9.61. The molecule has 0 nitrogen and oxygen atoms in total. The molecule has 23 heavy (non-hydrogen) atoms. The lowest BCUT2D eigenvalue weighted by molar-refractivity contribution is 0.509. The number of halogens is 2. The summed E-state index contributed by atoms with van der Waals surface area (Å²) in [5.74, 6) is -1.59. The highest BCUT2D eigenvalue weighted by molar-refractivity contribution is 7.95. The Morgan fingerprint density at radius 2 is 1.17 bits per heavy atom. The molecule has 0 bridgehead atoms. The zero-order valence-electron chi connectivity index (χ0n) is 12.9. The molecule has 3 aromatic rings. The molecule has 0 fully saturated rings. The van der Waals surface area contributed by atoms with Crippen molar-refractivity contribution < 1.29 is 8.78 Å². The van der Waals surface area contributed by atoms with Crippen LogP contribution in [0.2, 0.25) is 0 Å². The molecule has 0 spiro atoms. The SMILES string of the molecule is CC[P](c1ccccc1)(c1ccccc1)c1ccc(F)c(F)c1. The predicted octanol–water partition coefficient (Wildman–Crippen LogP) is 4.28. The molecule has 0 aliphatic rings. The zero-order valence-corrected chi connectivity index (χ0v) is 13.8. The van der Waals surface area contributed by atoms with Gasteiger partial charge in [0.05, 0.1) is 0 Å². The van der Waals surface area contributed by atoms with Gasteiger partial charge in [0, 0.05) is 0 Å². The summed E-state index contributed by atoms with van der Waals surface area (Å²) in [5, 5.41) is 3.23. The van der Waals surface area contributed by atoms with Gasteiger partial charge in [0.25, 0.3) is 0 Å². The third kappa shape index (κ3) is 2.80. The Kier molecular flexibility index (Phi) is 4.54. The Hall–Kier alpha value is -2.05. The van der Waals surface area contributed by atoms with E-state index in [-0.39, 0.29) is 0 Å². The second-order valence-corrected chi connectivity index (χ2v) is 9.20. The van der Waals surface area contributed by atoms with Crippen LogP contribution in [-0.4, -0.2) is 6.16 Å². The van der Waals surface area contributed by atoms with Crippen molar-refractivity contribution in [1.29, 1.82) is 0 Å². The molecule has 3 rings (SSSR count). The van der Waals surface area contributed by atoms with E-state index in [0.717, 1.165) is 11.5 Å². The van der Waals surface area contributed by atoms with Gasteiger partial charge in [-0.2, -0.15) is 0 Å². The quantitative estimate of drug-likeness (QED) is 0.628. The molecule has 0 saturated carbocycles. The Bertz CT molecular complexity index is 746. The fourth-order valence-electron chi connectivity index (χ4n) is 3.08. The molecular weight excluding hydrogens is 309 g/mol. The first-order chi connectivity index (χ1) is 11.2. The van der Waals surface area contributed by atoms with Crippen LogP contribution in [-0.2, 0) is 0 Å². The van der Waals surface area contributed by atoms with Crippen LogP contribution < -0.4 is 15.9 Å². The lowest BCUT2D eigenvalue weighted by atomic mass is 10.3. The minimum absolute atomic E-state index is 0.785. The van der Waals surface area contributed by atoms with E-state index < -0.39 is 18.9 Å². The molecule has 0 N–H and O–H groups in total. The van der Waals surface area contributed by atoms with Crippen molar-refractivity contribution in [1.82, 2.24) is 0 Å². The average molecular weight is 327 g/mol. The van der Waals surface area contributed by atoms with Crippen molar-refractivity contribution in [3.8, 4) is 0 Å². The molecule has 0 unspecified atom stereocenters. The second kappa shape index (κ2) is 6.60. The van der Waals surface area contributed by atoms with E-state index in [2.05, 4.69) is 31.2 Å². The Morgan fingerprint density at radius 1 is 0.652 bits per heavy atom. The van der Waals surface area contributed by atoms with E-state index in [4.69, 9.17) is 0 Å². The maximum absolute atomic E-state index is 13.9. The number of hydrogen-bond donors (Lipinski definition) is 0. The summed E-state index contributed by atoms with van der Waals surface area (Å²) < 4.78 is 27.4. The van der Waals surface area contributed by atoms with E-state index in [1.54, 1.807) is 6.07 Å². The lowest BCUT2D eigenvalue weighted by Gasteiger charge is -2.37. The molecule has 0 saturated heterocycles. The molecule has 0 aromatic heterocycles. The number of rotatable bonds is 4. The van der Waals surface area contributed by atoms with Gasteiger partial charge in [-0.1, -0.05) is 73.7 Å². The molecule has 0 heterocycles. The maximum Gasteiger partial charge on any atom is 0.159 e. The van der Waals surface area contributed by atoms with Crippen LogP contribution in [0.25, 0.3) is 0 Å². The fraction of sp³-hybridized carbons (Fsp3) is 0.100. The van der Waals surface area contributed by atoms with Crippen molar-refractivity contribution in [2.75, 3.05) is 6.16 Å². The van der Waals surface area contributed by atoms with Crippen LogP contribution >= 0.6 is 7.26 Å². The van der Waals surface area contributed by atoms with Crippen LogP contribution in [0.3, 0.4) is 0 Å². The normalized spacial score (nSPS) is 11.4. The summed E-state index contributed by atoms with van der Waals surface area (Å²) in [7, 11) is -1.99. The summed E-state index contributed by atoms with van der Waals surface area (Å²) in [5.41, 5.74) is 0. The van der Waals surface area contributed by atoms with Crippen LogP contribution in [0.4, 0.5) is 8.78 Å². The Morgan fingerprint density at radius 3 is 1.61 bits per heavy atom. The number of hydrogen-bond acceptors (Lipinski definition) is 0. The summed E-state index contributed by atoms with van der Waals surface area (Å²) in [6.45, 7) is 2.12. The second-order valence-electron chi connectivity index (χ2n) is 5.40. The summed E-state index contributed by atoms with van der Waals surface area (Å²) >= 11 is 0. The van der Waals surface area contributed by atoms with Crippen molar-refractivity contribution in [2.45, 2.75) is 6.92 Å². The van der Waals surface area contributed by atoms with Crippen molar-refractivity contribution in [2.24, 2.45) is 0 Å². The van der Waals surface area contributed by atoms with E-state index in [1.165, 1.54) is 22.7 Å². The number of benzene rings is 3.